The lowest BCUT2D eigenvalue weighted by Crippen LogP contribution is -2.48. The molecular weight excluding hydrogens is 377 g/mol. The van der Waals surface area contributed by atoms with Crippen LogP contribution in [0.4, 0.5) is 10.2 Å². The number of hydrogen-bond acceptors (Lipinski definition) is 4. The number of halogens is 2. The molecule has 0 saturated carbocycles. The van der Waals surface area contributed by atoms with E-state index < -0.39 is 0 Å². The van der Waals surface area contributed by atoms with E-state index in [1.165, 1.54) is 11.6 Å². The van der Waals surface area contributed by atoms with Gasteiger partial charge in [0.25, 0.3) is 0 Å². The Morgan fingerprint density at radius 2 is 1.82 bits per heavy atom. The summed E-state index contributed by atoms with van der Waals surface area (Å²) in [5, 5.41) is 7.01. The first-order chi connectivity index (χ1) is 13.3. The molecule has 0 bridgehead atoms. The van der Waals surface area contributed by atoms with Crippen molar-refractivity contribution in [1.82, 2.24) is 20.1 Å². The van der Waals surface area contributed by atoms with E-state index in [2.05, 4.69) is 31.9 Å². The van der Waals surface area contributed by atoms with Crippen LogP contribution >= 0.6 is 12.4 Å². The molecule has 1 aromatic carbocycles. The largest absolute Gasteiger partial charge is 0.354 e. The predicted octanol–water partition coefficient (Wildman–Crippen LogP) is 4.31. The van der Waals surface area contributed by atoms with Crippen molar-refractivity contribution in [3.8, 4) is 11.1 Å². The number of nitrogens with zero attached hydrogens (tertiary/aromatic N) is 4. The first-order valence-corrected chi connectivity index (χ1v) is 9.45. The maximum atomic E-state index is 14.3. The number of hydrogen-bond donors (Lipinski definition) is 1. The molecule has 3 aromatic rings. The third kappa shape index (κ3) is 4.03. The highest BCUT2D eigenvalue weighted by molar-refractivity contribution is 5.85. The van der Waals surface area contributed by atoms with E-state index in [-0.39, 0.29) is 18.2 Å². The minimum Gasteiger partial charge on any atom is -0.354 e. The number of pyridine rings is 1. The summed E-state index contributed by atoms with van der Waals surface area (Å²) in [4.78, 5) is 9.34. The van der Waals surface area contributed by atoms with E-state index in [1.54, 1.807) is 12.3 Å². The molecule has 148 valence electrons. The number of anilines is 1. The predicted molar refractivity (Wildman–Crippen MR) is 112 cm³/mol. The minimum atomic E-state index is -0.212. The van der Waals surface area contributed by atoms with Gasteiger partial charge in [-0.2, -0.15) is 5.10 Å². The van der Waals surface area contributed by atoms with Gasteiger partial charge in [0.1, 0.15) is 11.6 Å². The van der Waals surface area contributed by atoms with Gasteiger partial charge in [0.05, 0.1) is 6.20 Å². The summed E-state index contributed by atoms with van der Waals surface area (Å²) in [6.45, 7) is 5.83. The van der Waals surface area contributed by atoms with E-state index >= 15 is 0 Å². The van der Waals surface area contributed by atoms with Gasteiger partial charge in [-0.25, -0.2) is 9.37 Å². The fourth-order valence-corrected chi connectivity index (χ4v) is 3.93. The molecule has 1 fully saturated rings. The number of benzene rings is 1. The van der Waals surface area contributed by atoms with Gasteiger partial charge < -0.3 is 4.90 Å². The Hall–Kier alpha value is -2.44. The molecule has 1 aliphatic rings. The van der Waals surface area contributed by atoms with Gasteiger partial charge in [0.2, 0.25) is 0 Å². The van der Waals surface area contributed by atoms with Gasteiger partial charge in [-0.05, 0) is 24.6 Å². The van der Waals surface area contributed by atoms with Crippen molar-refractivity contribution in [2.24, 2.45) is 0 Å². The van der Waals surface area contributed by atoms with E-state index in [9.17, 15) is 4.39 Å². The molecular formula is C21H25ClFN5. The lowest BCUT2D eigenvalue weighted by Gasteiger charge is -2.39. The molecule has 0 radical (unpaired) electrons. The monoisotopic (exact) mass is 401 g/mol. The van der Waals surface area contributed by atoms with Crippen molar-refractivity contribution in [3.63, 3.8) is 0 Å². The van der Waals surface area contributed by atoms with E-state index in [1.807, 2.05) is 36.7 Å². The molecule has 1 aliphatic heterocycles. The highest BCUT2D eigenvalue weighted by Crippen LogP contribution is 2.32. The number of nitrogens with one attached hydrogen (secondary N) is 1. The van der Waals surface area contributed by atoms with E-state index in [0.717, 1.165) is 44.0 Å². The average Bonchev–Trinajstić information content (AvgIpc) is 3.24. The molecule has 5 nitrogen and oxygen atoms in total. The number of aromatic amines is 1. The van der Waals surface area contributed by atoms with Gasteiger partial charge in [-0.3, -0.25) is 10.00 Å². The summed E-state index contributed by atoms with van der Waals surface area (Å²) < 4.78 is 14.3. The number of piperazine rings is 1. The first-order valence-electron chi connectivity index (χ1n) is 9.45. The number of aromatic nitrogens is 3. The topological polar surface area (TPSA) is 48.1 Å². The van der Waals surface area contributed by atoms with Crippen molar-refractivity contribution in [3.05, 3.63) is 66.4 Å². The third-order valence-corrected chi connectivity index (χ3v) is 5.30. The maximum absolute atomic E-state index is 14.3. The van der Waals surface area contributed by atoms with Crippen LogP contribution in [0.15, 0.2) is 55.0 Å². The fourth-order valence-electron chi connectivity index (χ4n) is 3.93. The normalized spacial score (nSPS) is 15.9. The van der Waals surface area contributed by atoms with Gasteiger partial charge >= 0.3 is 0 Å². The van der Waals surface area contributed by atoms with Crippen LogP contribution in [0, 0.1) is 5.82 Å². The lowest BCUT2D eigenvalue weighted by atomic mass is 10.0. The summed E-state index contributed by atoms with van der Waals surface area (Å²) in [7, 11) is 0. The third-order valence-electron chi connectivity index (χ3n) is 5.30. The van der Waals surface area contributed by atoms with E-state index in [4.69, 9.17) is 0 Å². The van der Waals surface area contributed by atoms with Gasteiger partial charge in [-0.1, -0.05) is 25.1 Å². The van der Waals surface area contributed by atoms with Gasteiger partial charge in [0.15, 0.2) is 0 Å². The highest BCUT2D eigenvalue weighted by Gasteiger charge is 2.26. The molecule has 1 atom stereocenters. The van der Waals surface area contributed by atoms with Crippen LogP contribution in [-0.2, 0) is 0 Å². The SMILES string of the molecule is CCC(c1cn[nH]c1)N1CCN(c2ncccc2-c2ccccc2F)CC1.Cl. The second-order valence-corrected chi connectivity index (χ2v) is 6.83. The summed E-state index contributed by atoms with van der Waals surface area (Å²) in [6, 6.07) is 11.1. The number of rotatable bonds is 5. The Labute approximate surface area is 171 Å². The second-order valence-electron chi connectivity index (χ2n) is 6.83. The quantitative estimate of drug-likeness (QED) is 0.692. The maximum Gasteiger partial charge on any atom is 0.136 e. The second kappa shape index (κ2) is 9.17. The van der Waals surface area contributed by atoms with Crippen LogP contribution in [0.3, 0.4) is 0 Å². The van der Waals surface area contributed by atoms with Crippen molar-refractivity contribution < 1.29 is 4.39 Å². The van der Waals surface area contributed by atoms with Crippen LogP contribution in [-0.4, -0.2) is 46.3 Å². The molecule has 2 aromatic heterocycles. The van der Waals surface area contributed by atoms with Gasteiger partial charge in [-0.15, -0.1) is 12.4 Å². The Bertz CT molecular complexity index is 878. The zero-order valence-electron chi connectivity index (χ0n) is 15.9. The van der Waals surface area contributed by atoms with Crippen LogP contribution < -0.4 is 4.90 Å². The van der Waals surface area contributed by atoms with Crippen molar-refractivity contribution in [1.29, 1.82) is 0 Å². The highest BCUT2D eigenvalue weighted by atomic mass is 35.5. The van der Waals surface area contributed by atoms with Crippen LogP contribution in [0.5, 0.6) is 0 Å². The summed E-state index contributed by atoms with van der Waals surface area (Å²) in [6.07, 6.45) is 6.72. The number of H-pyrrole nitrogens is 1. The smallest absolute Gasteiger partial charge is 0.136 e. The van der Waals surface area contributed by atoms with Crippen LogP contribution in [0.1, 0.15) is 24.9 Å². The fraction of sp³-hybridized carbons (Fsp3) is 0.333. The zero-order valence-corrected chi connectivity index (χ0v) is 16.7. The van der Waals surface area contributed by atoms with Crippen LogP contribution in [0.25, 0.3) is 11.1 Å². The molecule has 0 spiro atoms. The molecule has 7 heteroatoms. The Balaban J connectivity index is 0.00000225. The first kappa shape index (κ1) is 20.3. The molecule has 0 aliphatic carbocycles. The molecule has 1 unspecified atom stereocenters. The molecule has 1 saturated heterocycles. The van der Waals surface area contributed by atoms with Crippen molar-refractivity contribution >= 4 is 18.2 Å². The summed E-state index contributed by atoms with van der Waals surface area (Å²) in [5.41, 5.74) is 2.69. The molecule has 4 rings (SSSR count). The lowest BCUT2D eigenvalue weighted by molar-refractivity contribution is 0.181. The Morgan fingerprint density at radius 1 is 1.07 bits per heavy atom. The Morgan fingerprint density at radius 3 is 2.50 bits per heavy atom. The summed E-state index contributed by atoms with van der Waals surface area (Å²) >= 11 is 0. The molecule has 1 N–H and O–H groups in total. The van der Waals surface area contributed by atoms with E-state index in [0.29, 0.717) is 11.6 Å². The van der Waals surface area contributed by atoms with Crippen molar-refractivity contribution in [2.45, 2.75) is 19.4 Å². The zero-order chi connectivity index (χ0) is 18.6. The average molecular weight is 402 g/mol. The molecule has 0 amide bonds. The molecule has 3 heterocycles. The van der Waals surface area contributed by atoms with Gasteiger partial charge in [0, 0.05) is 61.3 Å². The molecule has 28 heavy (non-hydrogen) atoms. The Kier molecular flexibility index (Phi) is 6.65. The van der Waals surface area contributed by atoms with Crippen molar-refractivity contribution in [2.75, 3.05) is 31.1 Å². The summed E-state index contributed by atoms with van der Waals surface area (Å²) in [5.74, 6) is 0.648. The minimum absolute atomic E-state index is 0. The van der Waals surface area contributed by atoms with Crippen LogP contribution in [0.2, 0.25) is 0 Å². The standard InChI is InChI=1S/C21H24FN5.ClH/c1-2-20(16-14-24-25-15-16)26-10-12-27(13-11-26)21-18(7-5-9-23-21)17-6-3-4-8-19(17)22;/h3-9,14-15,20H,2,10-13H2,1H3,(H,24,25);1H.